The Morgan fingerprint density at radius 2 is 1.68 bits per heavy atom. The van der Waals surface area contributed by atoms with Crippen LogP contribution >= 0.6 is 0 Å². The second-order valence-corrected chi connectivity index (χ2v) is 4.88. The maximum atomic E-state index is 6.31. The van der Waals surface area contributed by atoms with E-state index in [9.17, 15) is 0 Å². The Morgan fingerprint density at radius 1 is 1.00 bits per heavy atom. The van der Waals surface area contributed by atoms with Gasteiger partial charge in [0, 0.05) is 6.20 Å². The van der Waals surface area contributed by atoms with Gasteiger partial charge in [0.2, 0.25) is 0 Å². The number of nitrogens with zero attached hydrogens (tertiary/aromatic N) is 1. The lowest BCUT2D eigenvalue weighted by atomic mass is 9.98. The van der Waals surface area contributed by atoms with Gasteiger partial charge < -0.3 is 5.73 Å². The van der Waals surface area contributed by atoms with Gasteiger partial charge in [0.1, 0.15) is 0 Å². The molecule has 0 fully saturated rings. The highest BCUT2D eigenvalue weighted by atomic mass is 14.8. The summed E-state index contributed by atoms with van der Waals surface area (Å²) in [5, 5.41) is 0. The number of hydrogen-bond donors (Lipinski definition) is 1. The number of hydrogen-bond acceptors (Lipinski definition) is 2. The first-order chi connectivity index (χ1) is 9.24. The highest BCUT2D eigenvalue weighted by molar-refractivity contribution is 5.27. The van der Waals surface area contributed by atoms with Gasteiger partial charge in [-0.05, 0) is 42.0 Å². The van der Waals surface area contributed by atoms with Crippen LogP contribution in [0.1, 0.15) is 42.3 Å². The molecule has 0 saturated carbocycles. The van der Waals surface area contributed by atoms with Crippen LogP contribution in [0, 0.1) is 0 Å². The van der Waals surface area contributed by atoms with Crippen LogP contribution in [0.15, 0.2) is 42.6 Å². The quantitative estimate of drug-likeness (QED) is 0.887. The average Bonchev–Trinajstić information content (AvgIpc) is 2.48. The molecule has 1 aromatic heterocycles. The molecule has 1 atom stereocenters. The highest BCUT2D eigenvalue weighted by Crippen LogP contribution is 2.18. The van der Waals surface area contributed by atoms with Crippen LogP contribution in [0.5, 0.6) is 0 Å². The van der Waals surface area contributed by atoms with Crippen molar-refractivity contribution in [1.29, 1.82) is 0 Å². The van der Waals surface area contributed by atoms with E-state index in [4.69, 9.17) is 5.73 Å². The Morgan fingerprint density at radius 3 is 2.32 bits per heavy atom. The molecule has 19 heavy (non-hydrogen) atoms. The van der Waals surface area contributed by atoms with E-state index in [0.29, 0.717) is 0 Å². The van der Waals surface area contributed by atoms with Crippen LogP contribution in [-0.2, 0) is 19.3 Å². The molecule has 0 aliphatic heterocycles. The molecule has 1 heterocycles. The summed E-state index contributed by atoms with van der Waals surface area (Å²) in [4.78, 5) is 4.45. The molecule has 0 aliphatic rings. The van der Waals surface area contributed by atoms with Crippen LogP contribution in [-0.4, -0.2) is 4.98 Å². The Hall–Kier alpha value is -1.67. The summed E-state index contributed by atoms with van der Waals surface area (Å²) in [5.41, 5.74) is 11.2. The summed E-state index contributed by atoms with van der Waals surface area (Å²) in [6.07, 6.45) is 4.72. The second kappa shape index (κ2) is 6.48. The van der Waals surface area contributed by atoms with Gasteiger partial charge in [-0.3, -0.25) is 4.98 Å². The molecule has 1 unspecified atom stereocenters. The van der Waals surface area contributed by atoms with Crippen LogP contribution in [0.3, 0.4) is 0 Å². The summed E-state index contributed by atoms with van der Waals surface area (Å²) in [5.74, 6) is 0. The Balaban J connectivity index is 2.13. The molecule has 0 bridgehead atoms. The van der Waals surface area contributed by atoms with Crippen molar-refractivity contribution < 1.29 is 0 Å². The third kappa shape index (κ3) is 3.42. The summed E-state index contributed by atoms with van der Waals surface area (Å²) in [6.45, 7) is 4.31. The van der Waals surface area contributed by atoms with Gasteiger partial charge in [0.05, 0.1) is 11.7 Å². The maximum Gasteiger partial charge on any atom is 0.0606 e. The van der Waals surface area contributed by atoms with Gasteiger partial charge in [-0.2, -0.15) is 0 Å². The Bertz CT molecular complexity index is 517. The number of nitrogens with two attached hydrogens (primary N) is 1. The van der Waals surface area contributed by atoms with Gasteiger partial charge in [-0.15, -0.1) is 0 Å². The van der Waals surface area contributed by atoms with Crippen molar-refractivity contribution in [2.24, 2.45) is 5.73 Å². The van der Waals surface area contributed by atoms with Gasteiger partial charge >= 0.3 is 0 Å². The molecule has 2 heteroatoms. The summed E-state index contributed by atoms with van der Waals surface area (Å²) < 4.78 is 0. The number of pyridine rings is 1. The third-order valence-electron chi connectivity index (χ3n) is 3.55. The van der Waals surface area contributed by atoms with E-state index in [2.05, 4.69) is 49.2 Å². The first-order valence-corrected chi connectivity index (χ1v) is 7.01. The smallest absolute Gasteiger partial charge is 0.0606 e. The zero-order valence-electron chi connectivity index (χ0n) is 11.8. The van der Waals surface area contributed by atoms with Crippen LogP contribution < -0.4 is 5.73 Å². The molecule has 2 N–H and O–H groups in total. The first kappa shape index (κ1) is 13.8. The predicted molar refractivity (Wildman–Crippen MR) is 80.1 cm³/mol. The summed E-state index contributed by atoms with van der Waals surface area (Å²) in [6, 6.07) is 12.8. The van der Waals surface area contributed by atoms with E-state index >= 15 is 0 Å². The minimum absolute atomic E-state index is 0.0244. The van der Waals surface area contributed by atoms with E-state index in [1.165, 1.54) is 16.7 Å². The molecule has 1 aromatic carbocycles. The fourth-order valence-corrected chi connectivity index (χ4v) is 2.35. The third-order valence-corrected chi connectivity index (χ3v) is 3.55. The lowest BCUT2D eigenvalue weighted by Crippen LogP contribution is -2.17. The van der Waals surface area contributed by atoms with Crippen molar-refractivity contribution in [2.45, 2.75) is 39.2 Å². The molecule has 2 aromatic rings. The zero-order chi connectivity index (χ0) is 13.7. The minimum atomic E-state index is -0.0244. The fraction of sp³-hybridized carbons (Fsp3) is 0.353. The molecular weight excluding hydrogens is 232 g/mol. The molecule has 0 saturated heterocycles. The highest BCUT2D eigenvalue weighted by Gasteiger charge is 2.12. The zero-order valence-corrected chi connectivity index (χ0v) is 11.8. The van der Waals surface area contributed by atoms with E-state index < -0.39 is 0 Å². The normalized spacial score (nSPS) is 12.4. The molecule has 2 rings (SSSR count). The topological polar surface area (TPSA) is 38.9 Å². The van der Waals surface area contributed by atoms with Gasteiger partial charge in [-0.1, -0.05) is 44.2 Å². The van der Waals surface area contributed by atoms with Crippen LogP contribution in [0.4, 0.5) is 0 Å². The standard InChI is InChI=1S/C17H22N2/c1-3-13-7-9-14(10-8-13)12-16(18)17-15(4-2)6-5-11-19-17/h5-11,16H,3-4,12,18H2,1-2H3. The van der Waals surface area contributed by atoms with E-state index in [1.807, 2.05) is 12.3 Å². The second-order valence-electron chi connectivity index (χ2n) is 4.88. The van der Waals surface area contributed by atoms with Gasteiger partial charge in [0.25, 0.3) is 0 Å². The molecule has 2 nitrogen and oxygen atoms in total. The van der Waals surface area contributed by atoms with Crippen molar-refractivity contribution >= 4 is 0 Å². The largest absolute Gasteiger partial charge is 0.322 e. The lowest BCUT2D eigenvalue weighted by Gasteiger charge is -2.14. The summed E-state index contributed by atoms with van der Waals surface area (Å²) >= 11 is 0. The molecule has 0 radical (unpaired) electrons. The lowest BCUT2D eigenvalue weighted by molar-refractivity contribution is 0.685. The van der Waals surface area contributed by atoms with Crippen molar-refractivity contribution in [3.8, 4) is 0 Å². The molecule has 0 spiro atoms. The number of rotatable bonds is 5. The van der Waals surface area contributed by atoms with Crippen molar-refractivity contribution in [2.75, 3.05) is 0 Å². The molecule has 0 amide bonds. The summed E-state index contributed by atoms with van der Waals surface area (Å²) in [7, 11) is 0. The van der Waals surface area contributed by atoms with E-state index in [-0.39, 0.29) is 6.04 Å². The predicted octanol–water partition coefficient (Wildman–Crippen LogP) is 3.45. The van der Waals surface area contributed by atoms with Crippen molar-refractivity contribution in [1.82, 2.24) is 4.98 Å². The van der Waals surface area contributed by atoms with E-state index in [0.717, 1.165) is 25.0 Å². The SMILES string of the molecule is CCc1ccc(CC(N)c2ncccc2CC)cc1. The maximum absolute atomic E-state index is 6.31. The molecular formula is C17H22N2. The first-order valence-electron chi connectivity index (χ1n) is 7.01. The van der Waals surface area contributed by atoms with E-state index in [1.54, 1.807) is 0 Å². The number of aromatic nitrogens is 1. The Labute approximate surface area is 115 Å². The van der Waals surface area contributed by atoms with Gasteiger partial charge in [0.15, 0.2) is 0 Å². The number of benzene rings is 1. The monoisotopic (exact) mass is 254 g/mol. The Kier molecular flexibility index (Phi) is 4.69. The number of aryl methyl sites for hydroxylation is 2. The minimum Gasteiger partial charge on any atom is -0.322 e. The molecule has 100 valence electrons. The molecule has 0 aliphatic carbocycles. The van der Waals surface area contributed by atoms with Gasteiger partial charge in [-0.25, -0.2) is 0 Å². The van der Waals surface area contributed by atoms with Crippen molar-refractivity contribution in [3.63, 3.8) is 0 Å². The van der Waals surface area contributed by atoms with Crippen LogP contribution in [0.2, 0.25) is 0 Å². The fourth-order valence-electron chi connectivity index (χ4n) is 2.35. The average molecular weight is 254 g/mol. The van der Waals surface area contributed by atoms with Crippen molar-refractivity contribution in [3.05, 3.63) is 65.0 Å². The van der Waals surface area contributed by atoms with Crippen LogP contribution in [0.25, 0.3) is 0 Å².